The monoisotopic (exact) mass is 401 g/mol. The third-order valence-electron chi connectivity index (χ3n) is 4.98. The summed E-state index contributed by atoms with van der Waals surface area (Å²) in [5.41, 5.74) is 2.34. The third kappa shape index (κ3) is 5.90. The van der Waals surface area contributed by atoms with Crippen LogP contribution in [0.15, 0.2) is 28.7 Å². The summed E-state index contributed by atoms with van der Waals surface area (Å²) in [6, 6.07) is 4.24. The van der Waals surface area contributed by atoms with E-state index in [0.717, 1.165) is 74.7 Å². The van der Waals surface area contributed by atoms with Crippen LogP contribution in [-0.4, -0.2) is 67.1 Å². The predicted octanol–water partition coefficient (Wildman–Crippen LogP) is 1.90. The van der Waals surface area contributed by atoms with Crippen molar-refractivity contribution >= 4 is 23.1 Å². The molecule has 2 N–H and O–H groups in total. The predicted molar refractivity (Wildman–Crippen MR) is 117 cm³/mol. The van der Waals surface area contributed by atoms with Gasteiger partial charge in [0, 0.05) is 64.3 Å². The minimum absolute atomic E-state index is 0.722. The van der Waals surface area contributed by atoms with Gasteiger partial charge in [0.05, 0.1) is 10.7 Å². The van der Waals surface area contributed by atoms with Crippen molar-refractivity contribution in [2.24, 2.45) is 4.99 Å². The van der Waals surface area contributed by atoms with E-state index >= 15 is 0 Å². The molecule has 2 aromatic rings. The number of anilines is 1. The van der Waals surface area contributed by atoms with Gasteiger partial charge in [0.1, 0.15) is 5.82 Å². The first kappa shape index (κ1) is 20.5. The number of nitrogens with one attached hydrogen (secondary N) is 2. The molecule has 0 radical (unpaired) electrons. The minimum atomic E-state index is 0.722. The molecule has 28 heavy (non-hydrogen) atoms. The largest absolute Gasteiger partial charge is 0.356 e. The molecule has 7 nitrogen and oxygen atoms in total. The number of pyridine rings is 1. The summed E-state index contributed by atoms with van der Waals surface area (Å²) in [6.07, 6.45) is 2.80. The SMILES string of the molecule is CCN1CCN(c2cc(CNC(=NC)NCCc3csc(C)n3)ccn2)CC1. The number of aliphatic imine (C=N–C) groups is 1. The second kappa shape index (κ2) is 10.4. The van der Waals surface area contributed by atoms with E-state index in [2.05, 4.69) is 59.8 Å². The summed E-state index contributed by atoms with van der Waals surface area (Å²) in [5.74, 6) is 1.87. The molecule has 8 heteroatoms. The van der Waals surface area contributed by atoms with Crippen LogP contribution in [-0.2, 0) is 13.0 Å². The number of aryl methyl sites for hydroxylation is 1. The number of hydrogen-bond donors (Lipinski definition) is 2. The fraction of sp³-hybridized carbons (Fsp3) is 0.550. The number of hydrogen-bond acceptors (Lipinski definition) is 6. The van der Waals surface area contributed by atoms with Gasteiger partial charge < -0.3 is 20.4 Å². The van der Waals surface area contributed by atoms with Gasteiger partial charge in [0.15, 0.2) is 5.96 Å². The number of nitrogens with zero attached hydrogens (tertiary/aromatic N) is 5. The molecule has 0 unspecified atom stereocenters. The van der Waals surface area contributed by atoms with E-state index < -0.39 is 0 Å². The second-order valence-electron chi connectivity index (χ2n) is 6.90. The van der Waals surface area contributed by atoms with Crippen molar-refractivity contribution in [1.29, 1.82) is 0 Å². The molecule has 1 saturated heterocycles. The fourth-order valence-electron chi connectivity index (χ4n) is 3.28. The molecule has 0 spiro atoms. The number of rotatable bonds is 7. The molecular weight excluding hydrogens is 370 g/mol. The van der Waals surface area contributed by atoms with E-state index in [1.807, 2.05) is 13.1 Å². The van der Waals surface area contributed by atoms with Crippen LogP contribution in [0.4, 0.5) is 5.82 Å². The van der Waals surface area contributed by atoms with Crippen LogP contribution in [0.3, 0.4) is 0 Å². The first-order valence-electron chi connectivity index (χ1n) is 9.95. The van der Waals surface area contributed by atoms with Crippen molar-refractivity contribution in [3.05, 3.63) is 40.0 Å². The summed E-state index contributed by atoms with van der Waals surface area (Å²) >= 11 is 1.69. The highest BCUT2D eigenvalue weighted by Crippen LogP contribution is 2.15. The van der Waals surface area contributed by atoms with Gasteiger partial charge >= 0.3 is 0 Å². The molecule has 0 saturated carbocycles. The molecule has 0 atom stereocenters. The molecule has 0 aliphatic carbocycles. The van der Waals surface area contributed by atoms with Crippen LogP contribution < -0.4 is 15.5 Å². The van der Waals surface area contributed by atoms with Crippen LogP contribution in [0.1, 0.15) is 23.2 Å². The Morgan fingerprint density at radius 1 is 1.25 bits per heavy atom. The minimum Gasteiger partial charge on any atom is -0.356 e. The van der Waals surface area contributed by atoms with Crippen LogP contribution >= 0.6 is 11.3 Å². The highest BCUT2D eigenvalue weighted by Gasteiger charge is 2.16. The maximum Gasteiger partial charge on any atom is 0.191 e. The summed E-state index contributed by atoms with van der Waals surface area (Å²) in [6.45, 7) is 11.2. The maximum atomic E-state index is 4.57. The fourth-order valence-corrected chi connectivity index (χ4v) is 3.92. The van der Waals surface area contributed by atoms with Gasteiger partial charge in [-0.15, -0.1) is 11.3 Å². The molecule has 2 aromatic heterocycles. The Hall–Kier alpha value is -2.19. The van der Waals surface area contributed by atoms with Crippen LogP contribution in [0.5, 0.6) is 0 Å². The van der Waals surface area contributed by atoms with Crippen LogP contribution in [0.25, 0.3) is 0 Å². The average molecular weight is 402 g/mol. The molecule has 0 amide bonds. The molecule has 1 fully saturated rings. The van der Waals surface area contributed by atoms with Crippen molar-refractivity contribution in [3.8, 4) is 0 Å². The summed E-state index contributed by atoms with van der Waals surface area (Å²) in [4.78, 5) is 18.2. The molecule has 152 valence electrons. The topological polar surface area (TPSA) is 68.7 Å². The zero-order valence-electron chi connectivity index (χ0n) is 17.1. The normalized spacial score (nSPS) is 15.7. The van der Waals surface area contributed by atoms with Crippen molar-refractivity contribution in [3.63, 3.8) is 0 Å². The maximum absolute atomic E-state index is 4.57. The van der Waals surface area contributed by atoms with Crippen molar-refractivity contribution in [2.45, 2.75) is 26.8 Å². The van der Waals surface area contributed by atoms with Gasteiger partial charge in [-0.3, -0.25) is 4.99 Å². The molecule has 0 bridgehead atoms. The van der Waals surface area contributed by atoms with E-state index in [0.29, 0.717) is 0 Å². The van der Waals surface area contributed by atoms with Crippen LogP contribution in [0.2, 0.25) is 0 Å². The standard InChI is InChI=1S/C20H31N7S/c1-4-26-9-11-27(12-10-26)19-13-17(5-7-22-19)14-24-20(21-3)23-8-6-18-15-28-16(2)25-18/h5,7,13,15H,4,6,8-12,14H2,1-3H3,(H2,21,23,24). The lowest BCUT2D eigenvalue weighted by Gasteiger charge is -2.34. The molecular formula is C20H31N7S. The first-order chi connectivity index (χ1) is 13.7. The quantitative estimate of drug-likeness (QED) is 0.546. The Morgan fingerprint density at radius 2 is 2.07 bits per heavy atom. The lowest BCUT2D eigenvalue weighted by Crippen LogP contribution is -2.46. The molecule has 0 aromatic carbocycles. The number of likely N-dealkylation sites (N-methyl/N-ethyl adjacent to an activating group) is 1. The molecule has 3 rings (SSSR count). The molecule has 1 aliphatic rings. The summed E-state index contributed by atoms with van der Waals surface area (Å²) in [5, 5.41) is 9.98. The van der Waals surface area contributed by atoms with Crippen molar-refractivity contribution < 1.29 is 0 Å². The Balaban J connectivity index is 1.46. The van der Waals surface area contributed by atoms with E-state index in [1.165, 1.54) is 5.56 Å². The van der Waals surface area contributed by atoms with E-state index in [1.54, 1.807) is 18.4 Å². The van der Waals surface area contributed by atoms with E-state index in [9.17, 15) is 0 Å². The number of aromatic nitrogens is 2. The zero-order chi connectivity index (χ0) is 19.8. The lowest BCUT2D eigenvalue weighted by atomic mass is 10.2. The number of thiazole rings is 1. The average Bonchev–Trinajstić information content (AvgIpc) is 3.16. The van der Waals surface area contributed by atoms with E-state index in [4.69, 9.17) is 0 Å². The summed E-state index contributed by atoms with van der Waals surface area (Å²) in [7, 11) is 1.80. The Morgan fingerprint density at radius 3 is 2.75 bits per heavy atom. The smallest absolute Gasteiger partial charge is 0.191 e. The van der Waals surface area contributed by atoms with Gasteiger partial charge in [0.25, 0.3) is 0 Å². The van der Waals surface area contributed by atoms with Gasteiger partial charge in [-0.05, 0) is 31.2 Å². The van der Waals surface area contributed by atoms with Crippen molar-refractivity contribution in [2.75, 3.05) is 51.2 Å². The van der Waals surface area contributed by atoms with Gasteiger partial charge in [-0.25, -0.2) is 9.97 Å². The first-order valence-corrected chi connectivity index (χ1v) is 10.8. The summed E-state index contributed by atoms with van der Waals surface area (Å²) < 4.78 is 0. The van der Waals surface area contributed by atoms with E-state index in [-0.39, 0.29) is 0 Å². The van der Waals surface area contributed by atoms with Crippen molar-refractivity contribution in [1.82, 2.24) is 25.5 Å². The third-order valence-corrected chi connectivity index (χ3v) is 5.80. The molecule has 1 aliphatic heterocycles. The van der Waals surface area contributed by atoms with Gasteiger partial charge in [-0.2, -0.15) is 0 Å². The highest BCUT2D eigenvalue weighted by atomic mass is 32.1. The highest BCUT2D eigenvalue weighted by molar-refractivity contribution is 7.09. The van der Waals surface area contributed by atoms with Crippen LogP contribution in [0, 0.1) is 6.92 Å². The Kier molecular flexibility index (Phi) is 7.62. The number of guanidine groups is 1. The number of piperazine rings is 1. The van der Waals surface area contributed by atoms with Gasteiger partial charge in [0.2, 0.25) is 0 Å². The second-order valence-corrected chi connectivity index (χ2v) is 7.97. The lowest BCUT2D eigenvalue weighted by molar-refractivity contribution is 0.270. The zero-order valence-corrected chi connectivity index (χ0v) is 17.9. The van der Waals surface area contributed by atoms with Gasteiger partial charge in [-0.1, -0.05) is 6.92 Å². The molecule has 3 heterocycles. The Labute approximate surface area is 171 Å². The Bertz CT molecular complexity index is 765.